The van der Waals surface area contributed by atoms with Crippen molar-refractivity contribution in [1.82, 2.24) is 0 Å². The molecular weight excluding hydrogens is 697 g/mol. The first-order valence-corrected chi connectivity index (χ1v) is 20.2. The van der Waals surface area contributed by atoms with E-state index in [1.54, 1.807) is 0 Å². The van der Waals surface area contributed by atoms with Crippen LogP contribution in [0.15, 0.2) is 206 Å². The summed E-state index contributed by atoms with van der Waals surface area (Å²) in [5, 5.41) is 20.9. The van der Waals surface area contributed by atoms with E-state index in [9.17, 15) is 0 Å². The molecule has 0 bridgehead atoms. The van der Waals surface area contributed by atoms with Crippen LogP contribution in [0.4, 0.5) is 0 Å². The minimum Gasteiger partial charge on any atom is -0.0616 e. The van der Waals surface area contributed by atoms with Gasteiger partial charge in [0.1, 0.15) is 0 Å². The molecule has 0 aliphatic carbocycles. The molecule has 0 saturated heterocycles. The van der Waals surface area contributed by atoms with Crippen LogP contribution in [0.3, 0.4) is 0 Å². The molecule has 266 valence electrons. The largest absolute Gasteiger partial charge is 0.0616 e. The van der Waals surface area contributed by atoms with Crippen LogP contribution >= 0.6 is 0 Å². The molecule has 13 aromatic carbocycles. The highest BCUT2D eigenvalue weighted by molar-refractivity contribution is 6.25. The smallest absolute Gasteiger partial charge is 0.00264 e. The van der Waals surface area contributed by atoms with Gasteiger partial charge in [-0.2, -0.15) is 0 Å². The van der Waals surface area contributed by atoms with E-state index >= 15 is 0 Å². The zero-order valence-corrected chi connectivity index (χ0v) is 31.6. The van der Waals surface area contributed by atoms with E-state index in [1.807, 2.05) is 0 Å². The van der Waals surface area contributed by atoms with Crippen LogP contribution in [0.1, 0.15) is 0 Å². The number of benzene rings is 13. The lowest BCUT2D eigenvalue weighted by atomic mass is 9.85. The Morgan fingerprint density at radius 1 is 0.172 bits per heavy atom. The molecule has 58 heavy (non-hydrogen) atoms. The van der Waals surface area contributed by atoms with Gasteiger partial charge in [0, 0.05) is 0 Å². The van der Waals surface area contributed by atoms with Gasteiger partial charge in [-0.25, -0.2) is 0 Å². The molecule has 0 heteroatoms. The van der Waals surface area contributed by atoms with Crippen LogP contribution in [0.2, 0.25) is 0 Å². The Morgan fingerprint density at radius 3 is 0.741 bits per heavy atom. The van der Waals surface area contributed by atoms with Crippen LogP contribution < -0.4 is 0 Å². The molecule has 13 rings (SSSR count). The van der Waals surface area contributed by atoms with E-state index in [1.165, 1.54) is 131 Å². The van der Waals surface area contributed by atoms with Crippen molar-refractivity contribution in [3.8, 4) is 44.5 Å². The lowest BCUT2D eigenvalue weighted by Crippen LogP contribution is -1.91. The highest BCUT2D eigenvalue weighted by Gasteiger charge is 2.18. The average molecular weight is 731 g/mol. The van der Waals surface area contributed by atoms with Crippen molar-refractivity contribution < 1.29 is 0 Å². The Bertz CT molecular complexity index is 3320. The Hall–Kier alpha value is -7.54. The number of rotatable bonds is 4. The fourth-order valence-electron chi connectivity index (χ4n) is 10.2. The van der Waals surface area contributed by atoms with E-state index < -0.39 is 0 Å². The standard InChI is InChI=1S/C58H34/c1-2-12-50-49(11-1)57(41-19-15-35(16-20-41)47-31-43-27-23-37-7-5-8-38-24-28-44(32-47)55(43)53(37)38)51-13-3-4-14-52(51)58(50)42-21-17-36(18-22-42)48-33-45-29-25-39-9-6-10-40-26-30-46(34-48)56(45)54(39)40/h1-34H. The van der Waals surface area contributed by atoms with Gasteiger partial charge in [0.15, 0.2) is 0 Å². The summed E-state index contributed by atoms with van der Waals surface area (Å²) in [5.74, 6) is 0. The maximum Gasteiger partial charge on any atom is -0.00264 e. The monoisotopic (exact) mass is 730 g/mol. The van der Waals surface area contributed by atoms with Crippen molar-refractivity contribution in [2.75, 3.05) is 0 Å². The lowest BCUT2D eigenvalue weighted by Gasteiger charge is -2.18. The summed E-state index contributed by atoms with van der Waals surface area (Å²) >= 11 is 0. The van der Waals surface area contributed by atoms with Crippen LogP contribution in [0, 0.1) is 0 Å². The number of fused-ring (bicyclic) bond motifs is 2. The molecule has 0 spiro atoms. The van der Waals surface area contributed by atoms with Crippen molar-refractivity contribution in [2.24, 2.45) is 0 Å². The minimum absolute atomic E-state index is 1.23. The Labute approximate surface area is 335 Å². The van der Waals surface area contributed by atoms with Crippen LogP contribution in [0.25, 0.3) is 131 Å². The molecule has 0 fully saturated rings. The van der Waals surface area contributed by atoms with E-state index in [2.05, 4.69) is 206 Å². The maximum atomic E-state index is 2.36. The van der Waals surface area contributed by atoms with E-state index in [0.717, 1.165) is 0 Å². The molecule has 0 amide bonds. The second-order valence-electron chi connectivity index (χ2n) is 16.0. The number of hydrogen-bond donors (Lipinski definition) is 0. The first-order valence-electron chi connectivity index (χ1n) is 20.2. The quantitative estimate of drug-likeness (QED) is 0.125. The van der Waals surface area contributed by atoms with Gasteiger partial charge in [-0.1, -0.05) is 182 Å². The summed E-state index contributed by atoms with van der Waals surface area (Å²) in [6.07, 6.45) is 0. The molecule has 0 aliphatic heterocycles. The zero-order chi connectivity index (χ0) is 37.9. The summed E-state index contributed by atoms with van der Waals surface area (Å²) in [6, 6.07) is 77.2. The predicted octanol–water partition coefficient (Wildman–Crippen LogP) is 16.5. The van der Waals surface area contributed by atoms with E-state index in [4.69, 9.17) is 0 Å². The van der Waals surface area contributed by atoms with Gasteiger partial charge in [0.25, 0.3) is 0 Å². The van der Waals surface area contributed by atoms with Crippen LogP contribution in [-0.4, -0.2) is 0 Å². The SMILES string of the molecule is c1cc2ccc3cc(-c4ccc(-c5c6ccccc6c(-c6ccc(-c7cc8ccc9cccc%10ccc(c7)c8c9%10)cc6)c6ccccc56)cc4)cc4ccc(c1)c2c34. The Kier molecular flexibility index (Phi) is 6.54. The van der Waals surface area contributed by atoms with Gasteiger partial charge in [0.05, 0.1) is 0 Å². The van der Waals surface area contributed by atoms with Crippen molar-refractivity contribution in [3.63, 3.8) is 0 Å². The maximum absolute atomic E-state index is 2.36. The van der Waals surface area contributed by atoms with Gasteiger partial charge in [-0.3, -0.25) is 0 Å². The second kappa shape index (κ2) is 12.0. The third-order valence-corrected chi connectivity index (χ3v) is 12.9. The van der Waals surface area contributed by atoms with Gasteiger partial charge >= 0.3 is 0 Å². The summed E-state index contributed by atoms with van der Waals surface area (Å²) in [5.41, 5.74) is 9.95. The second-order valence-corrected chi connectivity index (χ2v) is 16.0. The topological polar surface area (TPSA) is 0 Å². The molecule has 0 aromatic heterocycles. The molecule has 0 unspecified atom stereocenters. The van der Waals surface area contributed by atoms with Crippen molar-refractivity contribution in [3.05, 3.63) is 206 Å². The van der Waals surface area contributed by atoms with Crippen molar-refractivity contribution >= 4 is 86.2 Å². The van der Waals surface area contributed by atoms with Crippen LogP contribution in [0.5, 0.6) is 0 Å². The normalized spacial score (nSPS) is 12.1. The fourth-order valence-corrected chi connectivity index (χ4v) is 10.2. The first kappa shape index (κ1) is 31.6. The molecule has 0 nitrogen and oxygen atoms in total. The molecule has 0 N–H and O–H groups in total. The zero-order valence-electron chi connectivity index (χ0n) is 31.6. The molecule has 0 atom stereocenters. The molecule has 0 aliphatic rings. The Balaban J connectivity index is 0.914. The average Bonchev–Trinajstić information content (AvgIpc) is 3.29. The predicted molar refractivity (Wildman–Crippen MR) is 251 cm³/mol. The molecule has 13 aromatic rings. The third kappa shape index (κ3) is 4.58. The van der Waals surface area contributed by atoms with Crippen molar-refractivity contribution in [2.45, 2.75) is 0 Å². The summed E-state index contributed by atoms with van der Waals surface area (Å²) in [6.45, 7) is 0. The number of hydrogen-bond acceptors (Lipinski definition) is 0. The van der Waals surface area contributed by atoms with Gasteiger partial charge in [-0.15, -0.1) is 0 Å². The Morgan fingerprint density at radius 2 is 0.431 bits per heavy atom. The summed E-state index contributed by atoms with van der Waals surface area (Å²) < 4.78 is 0. The first-order chi connectivity index (χ1) is 28.7. The third-order valence-electron chi connectivity index (χ3n) is 12.9. The molecule has 0 heterocycles. The fraction of sp³-hybridized carbons (Fsp3) is 0. The highest BCUT2D eigenvalue weighted by atomic mass is 14.2. The van der Waals surface area contributed by atoms with Crippen LogP contribution in [-0.2, 0) is 0 Å². The minimum atomic E-state index is 1.23. The van der Waals surface area contributed by atoms with E-state index in [0.29, 0.717) is 0 Å². The summed E-state index contributed by atoms with van der Waals surface area (Å²) in [7, 11) is 0. The molecule has 0 radical (unpaired) electrons. The van der Waals surface area contributed by atoms with Gasteiger partial charge in [-0.05, 0) is 155 Å². The lowest BCUT2D eigenvalue weighted by molar-refractivity contribution is 1.62. The highest BCUT2D eigenvalue weighted by Crippen LogP contribution is 2.45. The van der Waals surface area contributed by atoms with Gasteiger partial charge < -0.3 is 0 Å². The molecular formula is C58H34. The van der Waals surface area contributed by atoms with Gasteiger partial charge in [0.2, 0.25) is 0 Å². The van der Waals surface area contributed by atoms with Crippen molar-refractivity contribution in [1.29, 1.82) is 0 Å². The van der Waals surface area contributed by atoms with E-state index in [-0.39, 0.29) is 0 Å². The summed E-state index contributed by atoms with van der Waals surface area (Å²) in [4.78, 5) is 0. The molecule has 0 saturated carbocycles.